The number of aryl methyl sites for hydroxylation is 1. The Morgan fingerprint density at radius 3 is 2.79 bits per heavy atom. The van der Waals surface area contributed by atoms with Crippen molar-refractivity contribution in [1.29, 1.82) is 0 Å². The summed E-state index contributed by atoms with van der Waals surface area (Å²) in [4.78, 5) is 0. The highest BCUT2D eigenvalue weighted by Gasteiger charge is 2.31. The van der Waals surface area contributed by atoms with Gasteiger partial charge in [-0.2, -0.15) is 0 Å². The molecular formula is C12H20N2. The Kier molecular flexibility index (Phi) is 2.92. The standard InChI is InChI=1S/C12H20N2/c1-3-13-12(10-5-6-10)11-7-8-14(4-2)9-11/h7-10,12-13H,3-6H2,1-2H3. The Bertz CT molecular complexity index is 286. The highest BCUT2D eigenvalue weighted by Crippen LogP contribution is 2.40. The molecule has 0 amide bonds. The van der Waals surface area contributed by atoms with Crippen LogP contribution >= 0.6 is 0 Å². The van der Waals surface area contributed by atoms with Crippen LogP contribution in [-0.4, -0.2) is 11.1 Å². The first-order valence-corrected chi connectivity index (χ1v) is 5.74. The molecule has 0 aromatic carbocycles. The van der Waals surface area contributed by atoms with E-state index in [4.69, 9.17) is 0 Å². The van der Waals surface area contributed by atoms with Gasteiger partial charge in [-0.3, -0.25) is 0 Å². The lowest BCUT2D eigenvalue weighted by atomic mass is 10.1. The quantitative estimate of drug-likeness (QED) is 0.758. The van der Waals surface area contributed by atoms with Crippen molar-refractivity contribution in [2.75, 3.05) is 6.54 Å². The number of nitrogens with zero attached hydrogens (tertiary/aromatic N) is 1. The second kappa shape index (κ2) is 4.18. The molecule has 1 aliphatic rings. The molecule has 1 aliphatic carbocycles. The molecule has 1 fully saturated rings. The average molecular weight is 192 g/mol. The van der Waals surface area contributed by atoms with Gasteiger partial charge in [-0.25, -0.2) is 0 Å². The third-order valence-electron chi connectivity index (χ3n) is 3.02. The number of aromatic nitrogens is 1. The van der Waals surface area contributed by atoms with E-state index in [0.29, 0.717) is 6.04 Å². The van der Waals surface area contributed by atoms with Crippen molar-refractivity contribution in [3.05, 3.63) is 24.0 Å². The van der Waals surface area contributed by atoms with Crippen LogP contribution in [0.25, 0.3) is 0 Å². The summed E-state index contributed by atoms with van der Waals surface area (Å²) in [5.74, 6) is 0.891. The minimum absolute atomic E-state index is 0.604. The van der Waals surface area contributed by atoms with E-state index in [-0.39, 0.29) is 0 Å². The van der Waals surface area contributed by atoms with Crippen LogP contribution in [0.5, 0.6) is 0 Å². The molecule has 2 heteroatoms. The molecule has 2 rings (SSSR count). The first-order chi connectivity index (χ1) is 6.85. The van der Waals surface area contributed by atoms with Gasteiger partial charge >= 0.3 is 0 Å². The number of rotatable bonds is 5. The Hall–Kier alpha value is -0.760. The second-order valence-electron chi connectivity index (χ2n) is 4.15. The molecule has 1 saturated carbocycles. The third-order valence-corrected chi connectivity index (χ3v) is 3.02. The Labute approximate surface area is 86.3 Å². The van der Waals surface area contributed by atoms with Crippen LogP contribution < -0.4 is 5.32 Å². The van der Waals surface area contributed by atoms with Crippen molar-refractivity contribution in [3.8, 4) is 0 Å². The number of nitrogens with one attached hydrogen (secondary N) is 1. The van der Waals surface area contributed by atoms with Gasteiger partial charge in [0.15, 0.2) is 0 Å². The fourth-order valence-electron chi connectivity index (χ4n) is 2.05. The van der Waals surface area contributed by atoms with E-state index in [1.54, 1.807) is 0 Å². The molecule has 1 N–H and O–H groups in total. The lowest BCUT2D eigenvalue weighted by Gasteiger charge is -2.15. The molecule has 0 radical (unpaired) electrons. The minimum Gasteiger partial charge on any atom is -0.354 e. The van der Waals surface area contributed by atoms with E-state index in [1.807, 2.05) is 0 Å². The van der Waals surface area contributed by atoms with Crippen LogP contribution in [0, 0.1) is 5.92 Å². The highest BCUT2D eigenvalue weighted by atomic mass is 15.0. The van der Waals surface area contributed by atoms with Crippen molar-refractivity contribution in [2.45, 2.75) is 39.3 Å². The number of hydrogen-bond donors (Lipinski definition) is 1. The Balaban J connectivity index is 2.08. The van der Waals surface area contributed by atoms with Gasteiger partial charge in [0.05, 0.1) is 0 Å². The fourth-order valence-corrected chi connectivity index (χ4v) is 2.05. The van der Waals surface area contributed by atoms with Crippen LogP contribution in [-0.2, 0) is 6.54 Å². The maximum absolute atomic E-state index is 3.58. The van der Waals surface area contributed by atoms with Crippen LogP contribution in [0.1, 0.15) is 38.3 Å². The molecule has 1 aromatic rings. The summed E-state index contributed by atoms with van der Waals surface area (Å²) >= 11 is 0. The summed E-state index contributed by atoms with van der Waals surface area (Å²) in [6.07, 6.45) is 7.26. The van der Waals surface area contributed by atoms with Gasteiger partial charge < -0.3 is 9.88 Å². The minimum atomic E-state index is 0.604. The summed E-state index contributed by atoms with van der Waals surface area (Å²) in [7, 11) is 0. The fraction of sp³-hybridized carbons (Fsp3) is 0.667. The van der Waals surface area contributed by atoms with Gasteiger partial charge in [0.1, 0.15) is 0 Å². The topological polar surface area (TPSA) is 17.0 Å². The molecule has 14 heavy (non-hydrogen) atoms. The molecule has 0 spiro atoms. The summed E-state index contributed by atoms with van der Waals surface area (Å²) < 4.78 is 2.25. The van der Waals surface area contributed by atoms with Gasteiger partial charge in [-0.15, -0.1) is 0 Å². The average Bonchev–Trinajstić information content (AvgIpc) is 2.92. The van der Waals surface area contributed by atoms with E-state index in [9.17, 15) is 0 Å². The molecule has 0 aliphatic heterocycles. The third kappa shape index (κ3) is 2.01. The molecule has 1 heterocycles. The van der Waals surface area contributed by atoms with Gasteiger partial charge in [0.2, 0.25) is 0 Å². The van der Waals surface area contributed by atoms with Gasteiger partial charge in [0, 0.05) is 25.0 Å². The molecule has 2 nitrogen and oxygen atoms in total. The Morgan fingerprint density at radius 2 is 2.29 bits per heavy atom. The zero-order chi connectivity index (χ0) is 9.97. The van der Waals surface area contributed by atoms with E-state index >= 15 is 0 Å². The van der Waals surface area contributed by atoms with Gasteiger partial charge in [-0.05, 0) is 43.9 Å². The lowest BCUT2D eigenvalue weighted by Crippen LogP contribution is -2.22. The second-order valence-corrected chi connectivity index (χ2v) is 4.15. The SMILES string of the molecule is CCNC(c1ccn(CC)c1)C1CC1. The molecule has 78 valence electrons. The van der Waals surface area contributed by atoms with Crippen molar-refractivity contribution >= 4 is 0 Å². The highest BCUT2D eigenvalue weighted by molar-refractivity contribution is 5.18. The largest absolute Gasteiger partial charge is 0.354 e. The maximum Gasteiger partial charge on any atom is 0.0363 e. The van der Waals surface area contributed by atoms with E-state index < -0.39 is 0 Å². The van der Waals surface area contributed by atoms with E-state index in [0.717, 1.165) is 19.0 Å². The van der Waals surface area contributed by atoms with Gasteiger partial charge in [0.25, 0.3) is 0 Å². The van der Waals surface area contributed by atoms with Crippen molar-refractivity contribution in [1.82, 2.24) is 9.88 Å². The summed E-state index contributed by atoms with van der Waals surface area (Å²) in [5.41, 5.74) is 1.47. The summed E-state index contributed by atoms with van der Waals surface area (Å²) in [6, 6.07) is 2.86. The van der Waals surface area contributed by atoms with Crippen LogP contribution in [0.2, 0.25) is 0 Å². The summed E-state index contributed by atoms with van der Waals surface area (Å²) in [5, 5.41) is 3.58. The lowest BCUT2D eigenvalue weighted by molar-refractivity contribution is 0.495. The maximum atomic E-state index is 3.58. The molecular weight excluding hydrogens is 172 g/mol. The first-order valence-electron chi connectivity index (χ1n) is 5.74. The molecule has 0 bridgehead atoms. The normalized spacial score (nSPS) is 18.4. The van der Waals surface area contributed by atoms with Crippen LogP contribution in [0.3, 0.4) is 0 Å². The smallest absolute Gasteiger partial charge is 0.0363 e. The number of hydrogen-bond acceptors (Lipinski definition) is 1. The van der Waals surface area contributed by atoms with E-state index in [2.05, 4.69) is 42.2 Å². The molecule has 1 aromatic heterocycles. The van der Waals surface area contributed by atoms with Crippen LogP contribution in [0.4, 0.5) is 0 Å². The first kappa shape index (κ1) is 9.78. The molecule has 0 saturated heterocycles. The zero-order valence-electron chi connectivity index (χ0n) is 9.16. The molecule has 1 atom stereocenters. The van der Waals surface area contributed by atoms with Crippen molar-refractivity contribution in [2.24, 2.45) is 5.92 Å². The Morgan fingerprint density at radius 1 is 1.50 bits per heavy atom. The van der Waals surface area contributed by atoms with Gasteiger partial charge in [-0.1, -0.05) is 6.92 Å². The predicted octanol–water partition coefficient (Wildman–Crippen LogP) is 2.57. The zero-order valence-corrected chi connectivity index (χ0v) is 9.16. The predicted molar refractivity (Wildman–Crippen MR) is 59.2 cm³/mol. The van der Waals surface area contributed by atoms with Crippen molar-refractivity contribution in [3.63, 3.8) is 0 Å². The monoisotopic (exact) mass is 192 g/mol. The van der Waals surface area contributed by atoms with E-state index in [1.165, 1.54) is 18.4 Å². The summed E-state index contributed by atoms with van der Waals surface area (Å²) in [6.45, 7) is 6.51. The van der Waals surface area contributed by atoms with Crippen LogP contribution in [0.15, 0.2) is 18.5 Å². The van der Waals surface area contributed by atoms with Crippen molar-refractivity contribution < 1.29 is 0 Å². The molecule has 1 unspecified atom stereocenters.